The summed E-state index contributed by atoms with van der Waals surface area (Å²) in [7, 11) is 0. The molecule has 1 saturated heterocycles. The van der Waals surface area contributed by atoms with Gasteiger partial charge < -0.3 is 4.74 Å². The smallest absolute Gasteiger partial charge is 0.312 e. The summed E-state index contributed by atoms with van der Waals surface area (Å²) in [6.07, 6.45) is 1.45. The third-order valence-corrected chi connectivity index (χ3v) is 6.32. The van der Waals surface area contributed by atoms with Gasteiger partial charge in [0.05, 0.1) is 9.34 Å². The molecule has 0 N–H and O–H groups in total. The number of esters is 1. The Kier molecular flexibility index (Phi) is 1.46. The Morgan fingerprint density at radius 3 is 2.92 bits per heavy atom. The Hall–Kier alpha value is 0.200. The second kappa shape index (κ2) is 2.23. The van der Waals surface area contributed by atoms with Crippen molar-refractivity contribution in [3.8, 4) is 0 Å². The van der Waals surface area contributed by atoms with Gasteiger partial charge in [-0.2, -0.15) is 0 Å². The summed E-state index contributed by atoms with van der Waals surface area (Å²) in [5.41, 5.74) is -0.142. The maximum Gasteiger partial charge on any atom is 0.312 e. The molecule has 3 rings (SSSR count). The van der Waals surface area contributed by atoms with Crippen molar-refractivity contribution in [1.82, 2.24) is 0 Å². The SMILES string of the molecule is C[C@H]1[C@H]2C[C@H]3[C@H](OC(=O)[C@]13C)[C@@H]2I. The molecule has 2 aliphatic carbocycles. The van der Waals surface area contributed by atoms with Gasteiger partial charge in [0.25, 0.3) is 0 Å². The second-order valence-corrected chi connectivity index (χ2v) is 6.33. The van der Waals surface area contributed by atoms with Crippen LogP contribution in [-0.4, -0.2) is 16.0 Å². The number of hydrogen-bond acceptors (Lipinski definition) is 2. The Bertz CT molecular complexity index is 291. The largest absolute Gasteiger partial charge is 0.460 e. The summed E-state index contributed by atoms with van der Waals surface area (Å²) in [5.74, 6) is 1.82. The van der Waals surface area contributed by atoms with Gasteiger partial charge in [-0.05, 0) is 25.2 Å². The number of hydrogen-bond donors (Lipinski definition) is 0. The molecular formula is C10H13IO2. The molecule has 2 bridgehead atoms. The zero-order valence-corrected chi connectivity index (χ0v) is 9.95. The second-order valence-electron chi connectivity index (χ2n) is 4.89. The minimum absolute atomic E-state index is 0.0664. The van der Waals surface area contributed by atoms with Crippen LogP contribution < -0.4 is 0 Å². The fourth-order valence-electron chi connectivity index (χ4n) is 3.61. The topological polar surface area (TPSA) is 26.3 Å². The molecule has 3 aliphatic rings. The first kappa shape index (κ1) is 8.50. The van der Waals surface area contributed by atoms with Crippen LogP contribution in [0.2, 0.25) is 0 Å². The van der Waals surface area contributed by atoms with E-state index in [-0.39, 0.29) is 17.5 Å². The first-order valence-corrected chi connectivity index (χ1v) is 6.16. The zero-order chi connectivity index (χ0) is 9.38. The molecule has 72 valence electrons. The quantitative estimate of drug-likeness (QED) is 0.388. The molecule has 0 aromatic rings. The van der Waals surface area contributed by atoms with Crippen LogP contribution >= 0.6 is 22.6 Å². The van der Waals surface area contributed by atoms with Crippen LogP contribution in [0.5, 0.6) is 0 Å². The van der Waals surface area contributed by atoms with Crippen molar-refractivity contribution in [2.24, 2.45) is 23.2 Å². The summed E-state index contributed by atoms with van der Waals surface area (Å²) >= 11 is 2.47. The molecule has 3 fully saturated rings. The first-order valence-electron chi connectivity index (χ1n) is 4.92. The third kappa shape index (κ3) is 0.713. The predicted molar refractivity (Wildman–Crippen MR) is 56.6 cm³/mol. The van der Waals surface area contributed by atoms with Crippen molar-refractivity contribution in [3.05, 3.63) is 0 Å². The minimum Gasteiger partial charge on any atom is -0.460 e. The number of carbonyl (C=O) groups is 1. The highest BCUT2D eigenvalue weighted by atomic mass is 127. The number of halogens is 1. The van der Waals surface area contributed by atoms with E-state index in [1.165, 1.54) is 6.42 Å². The highest BCUT2D eigenvalue weighted by Gasteiger charge is 2.70. The normalized spacial score (nSPS) is 63.0. The molecule has 0 amide bonds. The number of ether oxygens (including phenoxy) is 1. The third-order valence-electron chi connectivity index (χ3n) is 4.69. The summed E-state index contributed by atoms with van der Waals surface area (Å²) in [6, 6.07) is 0. The lowest BCUT2D eigenvalue weighted by Gasteiger charge is -2.32. The average Bonchev–Trinajstić information content (AvgIpc) is 2.60. The van der Waals surface area contributed by atoms with Crippen molar-refractivity contribution in [2.45, 2.75) is 30.3 Å². The highest BCUT2D eigenvalue weighted by Crippen LogP contribution is 2.66. The molecule has 1 aliphatic heterocycles. The van der Waals surface area contributed by atoms with Gasteiger partial charge in [-0.25, -0.2) is 0 Å². The van der Waals surface area contributed by atoms with Crippen LogP contribution in [0.4, 0.5) is 0 Å². The van der Waals surface area contributed by atoms with E-state index >= 15 is 0 Å². The van der Waals surface area contributed by atoms with Gasteiger partial charge in [-0.15, -0.1) is 0 Å². The molecule has 1 heterocycles. The van der Waals surface area contributed by atoms with E-state index in [0.717, 1.165) is 0 Å². The Morgan fingerprint density at radius 1 is 1.62 bits per heavy atom. The molecule has 2 nitrogen and oxygen atoms in total. The van der Waals surface area contributed by atoms with Crippen molar-refractivity contribution in [3.63, 3.8) is 0 Å². The van der Waals surface area contributed by atoms with Crippen molar-refractivity contribution in [1.29, 1.82) is 0 Å². The summed E-state index contributed by atoms with van der Waals surface area (Å²) in [4.78, 5) is 11.7. The van der Waals surface area contributed by atoms with E-state index in [1.54, 1.807) is 0 Å². The summed E-state index contributed by atoms with van der Waals surface area (Å²) in [6.45, 7) is 4.33. The molecule has 0 spiro atoms. The molecule has 0 aromatic heterocycles. The molecule has 2 saturated carbocycles. The standard InChI is InChI=1S/C10H13IO2/c1-4-5-3-6-8(7(5)11)13-9(12)10(4,6)2/h4-8H,3H2,1-2H3/t4-,5+,6-,7+,8-,10+/m0/s1. The van der Waals surface area contributed by atoms with Crippen LogP contribution in [0.15, 0.2) is 0 Å². The van der Waals surface area contributed by atoms with Gasteiger partial charge in [0.1, 0.15) is 6.10 Å². The average molecular weight is 292 g/mol. The number of carbonyl (C=O) groups excluding carboxylic acids is 1. The Morgan fingerprint density at radius 2 is 2.31 bits per heavy atom. The van der Waals surface area contributed by atoms with Gasteiger partial charge in [0.15, 0.2) is 0 Å². The minimum atomic E-state index is -0.142. The van der Waals surface area contributed by atoms with Gasteiger partial charge in [0, 0.05) is 5.92 Å². The zero-order valence-electron chi connectivity index (χ0n) is 7.79. The molecule has 0 radical (unpaired) electrons. The Balaban J connectivity index is 2.13. The Labute approximate surface area is 91.5 Å². The van der Waals surface area contributed by atoms with E-state index in [4.69, 9.17) is 4.74 Å². The van der Waals surface area contributed by atoms with E-state index in [2.05, 4.69) is 36.4 Å². The van der Waals surface area contributed by atoms with Gasteiger partial charge in [0.2, 0.25) is 0 Å². The number of alkyl halides is 1. The fraction of sp³-hybridized carbons (Fsp3) is 0.900. The fourth-order valence-corrected chi connectivity index (χ4v) is 5.17. The van der Waals surface area contributed by atoms with Gasteiger partial charge in [-0.3, -0.25) is 4.79 Å². The maximum atomic E-state index is 11.7. The van der Waals surface area contributed by atoms with Crippen LogP contribution in [0.1, 0.15) is 20.3 Å². The highest BCUT2D eigenvalue weighted by molar-refractivity contribution is 14.1. The molecule has 0 unspecified atom stereocenters. The van der Waals surface area contributed by atoms with Crippen molar-refractivity contribution >= 4 is 28.6 Å². The van der Waals surface area contributed by atoms with Gasteiger partial charge >= 0.3 is 5.97 Å². The van der Waals surface area contributed by atoms with Crippen LogP contribution in [0.25, 0.3) is 0 Å². The lowest BCUT2D eigenvalue weighted by molar-refractivity contribution is -0.148. The molecule has 3 heteroatoms. The van der Waals surface area contributed by atoms with Crippen LogP contribution in [0.3, 0.4) is 0 Å². The lowest BCUT2D eigenvalue weighted by Crippen LogP contribution is -2.39. The van der Waals surface area contributed by atoms with Gasteiger partial charge in [-0.1, -0.05) is 29.5 Å². The van der Waals surface area contributed by atoms with E-state index in [0.29, 0.717) is 21.7 Å². The summed E-state index contributed by atoms with van der Waals surface area (Å²) < 4.78 is 6.05. The van der Waals surface area contributed by atoms with E-state index in [1.807, 2.05) is 0 Å². The van der Waals surface area contributed by atoms with Crippen molar-refractivity contribution in [2.75, 3.05) is 0 Å². The molecular weight excluding hydrogens is 279 g/mol. The van der Waals surface area contributed by atoms with E-state index in [9.17, 15) is 4.79 Å². The van der Waals surface area contributed by atoms with Crippen LogP contribution in [0, 0.1) is 23.2 Å². The monoisotopic (exact) mass is 292 g/mol. The first-order chi connectivity index (χ1) is 6.06. The molecule has 6 atom stereocenters. The van der Waals surface area contributed by atoms with Crippen LogP contribution in [-0.2, 0) is 9.53 Å². The molecule has 13 heavy (non-hydrogen) atoms. The van der Waals surface area contributed by atoms with E-state index < -0.39 is 0 Å². The lowest BCUT2D eigenvalue weighted by atomic mass is 9.69. The number of fused-ring (bicyclic) bond motifs is 1. The number of rotatable bonds is 0. The maximum absolute atomic E-state index is 11.7. The van der Waals surface area contributed by atoms with Crippen molar-refractivity contribution < 1.29 is 9.53 Å². The predicted octanol–water partition coefficient (Wildman–Crippen LogP) is 2.01. The molecule has 0 aromatic carbocycles. The summed E-state index contributed by atoms with van der Waals surface area (Å²) in [5, 5.41) is 0.